The molecule has 0 unspecified atom stereocenters. The van der Waals surface area contributed by atoms with Gasteiger partial charge in [-0.25, -0.2) is 0 Å². The summed E-state index contributed by atoms with van der Waals surface area (Å²) in [6.07, 6.45) is 11.2. The standard InChI is InChI=1S/2C6H9O.Fe/c2*7-5-6-3-1-2-4-6;/h2*5H,1-4H2;. The minimum atomic E-state index is 0. The van der Waals surface area contributed by atoms with E-state index in [0.717, 1.165) is 50.1 Å². The monoisotopic (exact) mass is 250 g/mol. The Morgan fingerprint density at radius 3 is 1.07 bits per heavy atom. The second-order valence-electron chi connectivity index (χ2n) is 3.97. The Kier molecular flexibility index (Phi) is 9.03. The van der Waals surface area contributed by atoms with Crippen LogP contribution in [-0.2, 0) is 26.7 Å². The van der Waals surface area contributed by atoms with E-state index >= 15 is 0 Å². The number of carbonyl (C=O) groups excluding carboxylic acids is 2. The molecule has 0 spiro atoms. The predicted octanol–water partition coefficient (Wildman–Crippen LogP) is 2.67. The smallest absolute Gasteiger partial charge is 0.127 e. The van der Waals surface area contributed by atoms with Gasteiger partial charge in [0.05, 0.1) is 0 Å². The summed E-state index contributed by atoms with van der Waals surface area (Å²) in [7, 11) is 0. The molecule has 0 aliphatic heterocycles. The molecule has 0 aromatic carbocycles. The normalized spacial score (nSPS) is 21.3. The molecule has 0 atom stereocenters. The zero-order valence-electron chi connectivity index (χ0n) is 8.98. The number of hydrogen-bond acceptors (Lipinski definition) is 2. The first-order valence-corrected chi connectivity index (χ1v) is 5.46. The molecule has 15 heavy (non-hydrogen) atoms. The van der Waals surface area contributed by atoms with E-state index in [0.29, 0.717) is 0 Å². The maximum Gasteiger partial charge on any atom is 0.127 e. The van der Waals surface area contributed by atoms with Crippen LogP contribution in [0.4, 0.5) is 0 Å². The quantitative estimate of drug-likeness (QED) is 0.557. The minimum absolute atomic E-state index is 0. The Morgan fingerprint density at radius 2 is 0.933 bits per heavy atom. The van der Waals surface area contributed by atoms with Crippen molar-refractivity contribution in [2.24, 2.45) is 0 Å². The second kappa shape index (κ2) is 9.11. The topological polar surface area (TPSA) is 34.1 Å². The number of carbonyl (C=O) groups is 2. The summed E-state index contributed by atoms with van der Waals surface area (Å²) in [6.45, 7) is 0. The molecule has 86 valence electrons. The molecule has 0 heterocycles. The van der Waals surface area contributed by atoms with Gasteiger partial charge in [0.25, 0.3) is 0 Å². The van der Waals surface area contributed by atoms with Crippen LogP contribution in [0.15, 0.2) is 0 Å². The Balaban J connectivity index is 0.000000245. The van der Waals surface area contributed by atoms with Crippen LogP contribution in [0, 0.1) is 11.8 Å². The van der Waals surface area contributed by atoms with Gasteiger partial charge in [-0.05, 0) is 25.7 Å². The molecule has 2 aliphatic carbocycles. The van der Waals surface area contributed by atoms with E-state index in [2.05, 4.69) is 0 Å². The van der Waals surface area contributed by atoms with Gasteiger partial charge in [0.15, 0.2) is 0 Å². The summed E-state index contributed by atoms with van der Waals surface area (Å²) in [5.74, 6) is 2.22. The van der Waals surface area contributed by atoms with E-state index in [4.69, 9.17) is 0 Å². The van der Waals surface area contributed by atoms with Crippen molar-refractivity contribution in [3.05, 3.63) is 11.8 Å². The molecule has 2 nitrogen and oxygen atoms in total. The summed E-state index contributed by atoms with van der Waals surface area (Å²) >= 11 is 0. The zero-order valence-corrected chi connectivity index (χ0v) is 10.1. The number of hydrogen-bond donors (Lipinski definition) is 0. The van der Waals surface area contributed by atoms with Gasteiger partial charge in [-0.15, -0.1) is 0 Å². The first-order chi connectivity index (χ1) is 6.86. The van der Waals surface area contributed by atoms with E-state index in [-0.39, 0.29) is 17.1 Å². The van der Waals surface area contributed by atoms with Gasteiger partial charge in [0.1, 0.15) is 12.6 Å². The molecule has 0 amide bonds. The predicted molar refractivity (Wildman–Crippen MR) is 55.6 cm³/mol. The van der Waals surface area contributed by atoms with E-state index in [9.17, 15) is 9.59 Å². The minimum Gasteiger partial charge on any atom is -0.303 e. The van der Waals surface area contributed by atoms with Crippen LogP contribution in [0.5, 0.6) is 0 Å². The molecule has 2 radical (unpaired) electrons. The fourth-order valence-electron chi connectivity index (χ4n) is 1.89. The van der Waals surface area contributed by atoms with Crippen LogP contribution in [0.2, 0.25) is 0 Å². The third kappa shape index (κ3) is 6.11. The van der Waals surface area contributed by atoms with Crippen molar-refractivity contribution >= 4 is 12.6 Å². The number of rotatable bonds is 2. The fourth-order valence-corrected chi connectivity index (χ4v) is 1.89. The molecule has 2 saturated carbocycles. The maximum absolute atomic E-state index is 9.97. The van der Waals surface area contributed by atoms with Crippen LogP contribution in [0.3, 0.4) is 0 Å². The van der Waals surface area contributed by atoms with Crippen molar-refractivity contribution in [3.63, 3.8) is 0 Å². The van der Waals surface area contributed by atoms with Crippen molar-refractivity contribution in [2.75, 3.05) is 0 Å². The molecule has 0 N–H and O–H groups in total. The van der Waals surface area contributed by atoms with E-state index in [1.165, 1.54) is 25.7 Å². The van der Waals surface area contributed by atoms with Crippen LogP contribution in [0.25, 0.3) is 0 Å². The number of aldehydes is 2. The van der Waals surface area contributed by atoms with Gasteiger partial charge in [-0.3, -0.25) is 0 Å². The van der Waals surface area contributed by atoms with Crippen LogP contribution in [-0.4, -0.2) is 12.6 Å². The molecule has 2 fully saturated rings. The summed E-state index contributed by atoms with van der Waals surface area (Å²) in [6, 6.07) is 0. The average Bonchev–Trinajstić information content (AvgIpc) is 2.92. The molecule has 0 saturated heterocycles. The summed E-state index contributed by atoms with van der Waals surface area (Å²) in [5, 5.41) is 0. The molecular weight excluding hydrogens is 232 g/mol. The van der Waals surface area contributed by atoms with Crippen molar-refractivity contribution in [1.82, 2.24) is 0 Å². The second-order valence-corrected chi connectivity index (χ2v) is 3.97. The van der Waals surface area contributed by atoms with Gasteiger partial charge in [-0.1, -0.05) is 25.7 Å². The van der Waals surface area contributed by atoms with Crippen molar-refractivity contribution in [2.45, 2.75) is 51.4 Å². The van der Waals surface area contributed by atoms with Gasteiger partial charge in [-0.2, -0.15) is 0 Å². The van der Waals surface area contributed by atoms with Gasteiger partial charge >= 0.3 is 0 Å². The first-order valence-electron chi connectivity index (χ1n) is 5.46. The Labute approximate surface area is 103 Å². The first kappa shape index (κ1) is 14.9. The average molecular weight is 250 g/mol. The molecule has 0 aromatic rings. The third-order valence-electron chi connectivity index (χ3n) is 2.82. The molecule has 3 heteroatoms. The summed E-state index contributed by atoms with van der Waals surface area (Å²) < 4.78 is 0. The van der Waals surface area contributed by atoms with Crippen LogP contribution >= 0.6 is 0 Å². The van der Waals surface area contributed by atoms with Crippen molar-refractivity contribution < 1.29 is 26.7 Å². The Bertz CT molecular complexity index is 150. The van der Waals surface area contributed by atoms with E-state index < -0.39 is 0 Å². The van der Waals surface area contributed by atoms with E-state index in [1.807, 2.05) is 0 Å². The van der Waals surface area contributed by atoms with Gasteiger partial charge in [0.2, 0.25) is 0 Å². The fraction of sp³-hybridized carbons (Fsp3) is 0.667. The summed E-state index contributed by atoms with van der Waals surface area (Å²) in [4.78, 5) is 19.9. The molecule has 2 aliphatic rings. The SMILES string of the molecule is O=C[C]1CCCC1.O=C[C]1CCCC1.[Fe]. The molecular formula is C12H18FeO2. The Hall–Kier alpha value is -0.141. The molecule has 2 rings (SSSR count). The van der Waals surface area contributed by atoms with Gasteiger partial charge < -0.3 is 9.59 Å². The van der Waals surface area contributed by atoms with Crippen molar-refractivity contribution in [3.8, 4) is 0 Å². The summed E-state index contributed by atoms with van der Waals surface area (Å²) in [5.41, 5.74) is 0. The third-order valence-corrected chi connectivity index (χ3v) is 2.82. The molecule has 0 aromatic heterocycles. The van der Waals surface area contributed by atoms with Gasteiger partial charge in [0, 0.05) is 28.9 Å². The maximum atomic E-state index is 9.97. The van der Waals surface area contributed by atoms with Crippen LogP contribution in [0.1, 0.15) is 51.4 Å². The molecule has 0 bridgehead atoms. The largest absolute Gasteiger partial charge is 0.303 e. The van der Waals surface area contributed by atoms with E-state index in [1.54, 1.807) is 0 Å². The van der Waals surface area contributed by atoms with Crippen molar-refractivity contribution in [1.29, 1.82) is 0 Å². The Morgan fingerprint density at radius 1 is 0.667 bits per heavy atom. The van der Waals surface area contributed by atoms with Crippen LogP contribution < -0.4 is 0 Å². The zero-order chi connectivity index (χ0) is 10.2.